The van der Waals surface area contributed by atoms with E-state index in [2.05, 4.69) is 22.3 Å². The molecule has 1 aliphatic heterocycles. The van der Waals surface area contributed by atoms with Crippen molar-refractivity contribution in [3.05, 3.63) is 34.0 Å². The highest BCUT2D eigenvalue weighted by atomic mass is 35.5. The first-order chi connectivity index (χ1) is 11.6. The van der Waals surface area contributed by atoms with Gasteiger partial charge in [0.15, 0.2) is 0 Å². The highest BCUT2D eigenvalue weighted by Gasteiger charge is 2.29. The number of ether oxygens (including phenoxy) is 1. The number of likely N-dealkylation sites (N-methyl/N-ethyl adjacent to an activating group) is 1. The van der Waals surface area contributed by atoms with E-state index in [4.69, 9.17) is 9.26 Å². The number of hydrogen-bond acceptors (Lipinski definition) is 7. The Morgan fingerprint density at radius 3 is 2.88 bits per heavy atom. The molecule has 0 unspecified atom stereocenters. The minimum atomic E-state index is -0.427. The maximum Gasteiger partial charge on any atom is 0.341 e. The van der Waals surface area contributed by atoms with Gasteiger partial charge >= 0.3 is 5.97 Å². The smallest absolute Gasteiger partial charge is 0.341 e. The van der Waals surface area contributed by atoms with Crippen molar-refractivity contribution < 1.29 is 18.8 Å². The third-order valence-electron chi connectivity index (χ3n) is 3.95. The molecule has 0 aliphatic carbocycles. The van der Waals surface area contributed by atoms with Crippen LogP contribution in [0.3, 0.4) is 0 Å². The second-order valence-corrected chi connectivity index (χ2v) is 6.48. The van der Waals surface area contributed by atoms with Crippen molar-refractivity contribution in [1.29, 1.82) is 0 Å². The molecule has 136 valence electrons. The van der Waals surface area contributed by atoms with Crippen molar-refractivity contribution >= 4 is 40.6 Å². The second kappa shape index (κ2) is 8.46. The molecule has 0 radical (unpaired) electrons. The van der Waals surface area contributed by atoms with E-state index < -0.39 is 11.9 Å². The van der Waals surface area contributed by atoms with Gasteiger partial charge in [0.05, 0.1) is 18.4 Å². The average Bonchev–Trinajstić information content (AvgIpc) is 3.21. The number of amides is 1. The molecule has 9 heteroatoms. The summed E-state index contributed by atoms with van der Waals surface area (Å²) in [6.07, 6.45) is 2.17. The first-order valence-electron chi connectivity index (χ1n) is 7.90. The molecule has 0 bridgehead atoms. The first kappa shape index (κ1) is 19.4. The second-order valence-electron chi connectivity index (χ2n) is 5.38. The molecule has 0 aromatic carbocycles. The minimum Gasteiger partial charge on any atom is -0.462 e. The first-order valence-corrected chi connectivity index (χ1v) is 8.71. The Kier molecular flexibility index (Phi) is 6.57. The number of aromatic nitrogens is 1. The van der Waals surface area contributed by atoms with Crippen LogP contribution < -0.4 is 5.32 Å². The van der Waals surface area contributed by atoms with Gasteiger partial charge in [-0.1, -0.05) is 12.1 Å². The number of nitrogens with one attached hydrogen (secondary N) is 1. The molecule has 0 atom stereocenters. The molecule has 0 spiro atoms. The van der Waals surface area contributed by atoms with Gasteiger partial charge in [0.2, 0.25) is 5.76 Å². The van der Waals surface area contributed by atoms with E-state index in [1.807, 2.05) is 0 Å². The molecule has 3 rings (SSSR count). The summed E-state index contributed by atoms with van der Waals surface area (Å²) in [7, 11) is 0. The maximum atomic E-state index is 12.4. The topological polar surface area (TPSA) is 84.7 Å². The molecule has 1 amide bonds. The Morgan fingerprint density at radius 2 is 2.24 bits per heavy atom. The molecule has 7 nitrogen and oxygen atoms in total. The zero-order chi connectivity index (χ0) is 17.1. The number of rotatable bonds is 5. The van der Waals surface area contributed by atoms with Gasteiger partial charge in [-0.05, 0) is 25.5 Å². The summed E-state index contributed by atoms with van der Waals surface area (Å²) >= 11 is 1.42. The molecule has 1 N–H and O–H groups in total. The van der Waals surface area contributed by atoms with E-state index in [1.165, 1.54) is 23.6 Å². The van der Waals surface area contributed by atoms with Crippen molar-refractivity contribution in [3.63, 3.8) is 0 Å². The predicted molar refractivity (Wildman–Crippen MR) is 96.6 cm³/mol. The SMILES string of the molecule is CCOC(=O)c1c(NC(=O)c2ccno2)sc2c1CCN(CC)C2.Cl. The number of fused-ring (bicyclic) bond motifs is 1. The van der Waals surface area contributed by atoms with Crippen molar-refractivity contribution in [2.45, 2.75) is 26.8 Å². The molecular formula is C16H20ClN3O4S. The number of halogens is 1. The van der Waals surface area contributed by atoms with Gasteiger partial charge in [-0.25, -0.2) is 4.79 Å². The third kappa shape index (κ3) is 4.02. The van der Waals surface area contributed by atoms with Gasteiger partial charge in [-0.3, -0.25) is 9.69 Å². The van der Waals surface area contributed by atoms with E-state index in [1.54, 1.807) is 6.92 Å². The Bertz CT molecular complexity index is 745. The fourth-order valence-corrected chi connectivity index (χ4v) is 4.00. The normalized spacial score (nSPS) is 13.7. The van der Waals surface area contributed by atoms with E-state index >= 15 is 0 Å². The van der Waals surface area contributed by atoms with Gasteiger partial charge in [0.1, 0.15) is 5.00 Å². The number of hydrogen-bond donors (Lipinski definition) is 1. The zero-order valence-electron chi connectivity index (χ0n) is 14.0. The third-order valence-corrected chi connectivity index (χ3v) is 5.08. The Morgan fingerprint density at radius 1 is 1.44 bits per heavy atom. The summed E-state index contributed by atoms with van der Waals surface area (Å²) < 4.78 is 10.1. The summed E-state index contributed by atoms with van der Waals surface area (Å²) in [5.74, 6) is -0.719. The van der Waals surface area contributed by atoms with Crippen LogP contribution in [0.1, 0.15) is 45.2 Å². The average molecular weight is 386 g/mol. The van der Waals surface area contributed by atoms with Crippen LogP contribution in [0.2, 0.25) is 0 Å². The number of nitrogens with zero attached hydrogens (tertiary/aromatic N) is 2. The Balaban J connectivity index is 0.00000225. The number of carbonyl (C=O) groups is 2. The number of thiophene rings is 1. The molecular weight excluding hydrogens is 366 g/mol. The van der Waals surface area contributed by atoms with Crippen LogP contribution in [-0.4, -0.2) is 41.6 Å². The lowest BCUT2D eigenvalue weighted by Crippen LogP contribution is -2.30. The van der Waals surface area contributed by atoms with E-state index in [-0.39, 0.29) is 18.2 Å². The predicted octanol–water partition coefficient (Wildman–Crippen LogP) is 2.96. The lowest BCUT2D eigenvalue weighted by molar-refractivity contribution is 0.0526. The van der Waals surface area contributed by atoms with Crippen molar-refractivity contribution in [1.82, 2.24) is 10.1 Å². The van der Waals surface area contributed by atoms with E-state index in [0.29, 0.717) is 17.2 Å². The van der Waals surface area contributed by atoms with Gasteiger partial charge in [0.25, 0.3) is 5.91 Å². The Hall–Kier alpha value is -1.90. The Labute approximate surface area is 155 Å². The monoisotopic (exact) mass is 385 g/mol. The van der Waals surface area contributed by atoms with Gasteiger partial charge < -0.3 is 14.6 Å². The lowest BCUT2D eigenvalue weighted by atomic mass is 10.0. The largest absolute Gasteiger partial charge is 0.462 e. The quantitative estimate of drug-likeness (QED) is 0.796. The molecule has 0 fully saturated rings. The van der Waals surface area contributed by atoms with Crippen LogP contribution >= 0.6 is 23.7 Å². The fraction of sp³-hybridized carbons (Fsp3) is 0.438. The van der Waals surface area contributed by atoms with Crippen LogP contribution in [0.5, 0.6) is 0 Å². The van der Waals surface area contributed by atoms with Crippen molar-refractivity contribution in [3.8, 4) is 0 Å². The molecule has 2 aromatic rings. The zero-order valence-corrected chi connectivity index (χ0v) is 15.7. The fourth-order valence-electron chi connectivity index (χ4n) is 2.73. The molecule has 1 aliphatic rings. The van der Waals surface area contributed by atoms with Crippen LogP contribution in [0.15, 0.2) is 16.8 Å². The highest BCUT2D eigenvalue weighted by Crippen LogP contribution is 2.37. The lowest BCUT2D eigenvalue weighted by Gasteiger charge is -2.25. The van der Waals surface area contributed by atoms with Crippen LogP contribution in [0, 0.1) is 0 Å². The molecule has 0 saturated heterocycles. The summed E-state index contributed by atoms with van der Waals surface area (Å²) in [5.41, 5.74) is 1.46. The van der Waals surface area contributed by atoms with Crippen LogP contribution in [-0.2, 0) is 17.7 Å². The summed E-state index contributed by atoms with van der Waals surface area (Å²) in [4.78, 5) is 28.0. The van der Waals surface area contributed by atoms with Gasteiger partial charge in [-0.2, -0.15) is 0 Å². The minimum absolute atomic E-state index is 0. The number of anilines is 1. The van der Waals surface area contributed by atoms with E-state index in [9.17, 15) is 9.59 Å². The number of esters is 1. The maximum absolute atomic E-state index is 12.4. The number of carbonyl (C=O) groups excluding carboxylic acids is 2. The molecule has 25 heavy (non-hydrogen) atoms. The summed E-state index contributed by atoms with van der Waals surface area (Å²) in [5, 5.41) is 6.81. The summed E-state index contributed by atoms with van der Waals surface area (Å²) in [6.45, 7) is 6.79. The standard InChI is InChI=1S/C16H19N3O4S.ClH/c1-3-19-8-6-10-12(9-19)24-15(13(10)16(21)22-4-2)18-14(20)11-5-7-17-23-11;/h5,7H,3-4,6,8-9H2,1-2H3,(H,18,20);1H. The molecule has 2 aromatic heterocycles. The van der Waals surface area contributed by atoms with Crippen LogP contribution in [0.25, 0.3) is 0 Å². The van der Waals surface area contributed by atoms with Crippen molar-refractivity contribution in [2.75, 3.05) is 25.0 Å². The summed E-state index contributed by atoms with van der Waals surface area (Å²) in [6, 6.07) is 1.48. The van der Waals surface area contributed by atoms with Gasteiger partial charge in [0, 0.05) is 24.0 Å². The van der Waals surface area contributed by atoms with Crippen molar-refractivity contribution in [2.24, 2.45) is 0 Å². The molecule has 0 saturated carbocycles. The molecule has 3 heterocycles. The highest BCUT2D eigenvalue weighted by molar-refractivity contribution is 7.17. The van der Waals surface area contributed by atoms with Gasteiger partial charge in [-0.15, -0.1) is 23.7 Å². The van der Waals surface area contributed by atoms with E-state index in [0.717, 1.165) is 36.5 Å². The van der Waals surface area contributed by atoms with Crippen LogP contribution in [0.4, 0.5) is 5.00 Å².